The number of carboxylic acid groups (broad SMARTS) is 1. The number of aliphatic carboxylic acids is 1. The molecule has 3 atom stereocenters. The highest BCUT2D eigenvalue weighted by Crippen LogP contribution is 2.43. The van der Waals surface area contributed by atoms with Crippen LogP contribution in [0.2, 0.25) is 0 Å². The lowest BCUT2D eigenvalue weighted by Gasteiger charge is -2.38. The zero-order chi connectivity index (χ0) is 26.9. The third-order valence-corrected chi connectivity index (χ3v) is 7.94. The van der Waals surface area contributed by atoms with Crippen LogP contribution >= 0.6 is 0 Å². The van der Waals surface area contributed by atoms with Gasteiger partial charge in [0, 0.05) is 12.2 Å². The number of hydrogen-bond acceptors (Lipinski definition) is 4. The normalized spacial score (nSPS) is 19.0. The Morgan fingerprint density at radius 2 is 1.56 bits per heavy atom. The lowest BCUT2D eigenvalue weighted by molar-refractivity contribution is -0.139. The van der Waals surface area contributed by atoms with Gasteiger partial charge in [0.1, 0.15) is 17.1 Å². The predicted molar refractivity (Wildman–Crippen MR) is 147 cm³/mol. The van der Waals surface area contributed by atoms with Gasteiger partial charge in [0.2, 0.25) is 0 Å². The Kier molecular flexibility index (Phi) is 12.1. The van der Waals surface area contributed by atoms with Crippen molar-refractivity contribution >= 4 is 5.97 Å². The Morgan fingerprint density at radius 3 is 2.17 bits per heavy atom. The van der Waals surface area contributed by atoms with Crippen LogP contribution in [0.15, 0.2) is 0 Å². The molecule has 1 N–H and O–H groups in total. The average Bonchev–Trinajstić information content (AvgIpc) is 2.80. The zero-order valence-corrected chi connectivity index (χ0v) is 24.3. The van der Waals surface area contributed by atoms with Crippen molar-refractivity contribution in [1.29, 1.82) is 0 Å². The molecule has 5 nitrogen and oxygen atoms in total. The summed E-state index contributed by atoms with van der Waals surface area (Å²) in [6.45, 7) is 18.5. The van der Waals surface area contributed by atoms with Gasteiger partial charge in [-0.25, -0.2) is 4.79 Å². The fraction of sp³-hybridized carbons (Fsp3) is 0.774. The van der Waals surface area contributed by atoms with Crippen LogP contribution in [0.3, 0.4) is 0 Å². The van der Waals surface area contributed by atoms with Gasteiger partial charge in [0.25, 0.3) is 0 Å². The van der Waals surface area contributed by atoms with Crippen molar-refractivity contribution in [2.45, 2.75) is 119 Å². The molecular formula is C31H52O5. The Morgan fingerprint density at radius 1 is 0.944 bits per heavy atom. The second kappa shape index (κ2) is 14.3. The van der Waals surface area contributed by atoms with Crippen molar-refractivity contribution < 1.29 is 24.1 Å². The number of ether oxygens (including phenoxy) is 3. The molecule has 1 aliphatic heterocycles. The van der Waals surface area contributed by atoms with E-state index in [0.29, 0.717) is 18.3 Å². The molecule has 0 aliphatic carbocycles. The first-order valence-corrected chi connectivity index (χ1v) is 14.2. The molecule has 0 fully saturated rings. The average molecular weight is 505 g/mol. The number of hydrogen-bond donors (Lipinski definition) is 1. The number of benzene rings is 1. The number of fused-ring (bicyclic) bond motifs is 1. The summed E-state index contributed by atoms with van der Waals surface area (Å²) in [6, 6.07) is 0. The highest BCUT2D eigenvalue weighted by molar-refractivity contribution is 5.69. The first-order chi connectivity index (χ1) is 16.9. The maximum absolute atomic E-state index is 11.0. The smallest absolute Gasteiger partial charge is 0.341 e. The van der Waals surface area contributed by atoms with Crippen LogP contribution in [0.1, 0.15) is 108 Å². The third-order valence-electron chi connectivity index (χ3n) is 7.94. The highest BCUT2D eigenvalue weighted by atomic mass is 16.5. The van der Waals surface area contributed by atoms with Crippen molar-refractivity contribution in [3.05, 3.63) is 22.3 Å². The van der Waals surface area contributed by atoms with Crippen molar-refractivity contribution in [3.63, 3.8) is 0 Å². The fourth-order valence-electron chi connectivity index (χ4n) is 5.28. The summed E-state index contributed by atoms with van der Waals surface area (Å²) in [7, 11) is 0. The summed E-state index contributed by atoms with van der Waals surface area (Å²) in [6.07, 6.45) is 10.9. The Balaban J connectivity index is 1.78. The van der Waals surface area contributed by atoms with Crippen molar-refractivity contribution in [3.8, 4) is 11.5 Å². The van der Waals surface area contributed by atoms with Crippen molar-refractivity contribution in [2.75, 3.05) is 19.8 Å². The molecule has 0 radical (unpaired) electrons. The largest absolute Gasteiger partial charge is 0.485 e. The summed E-state index contributed by atoms with van der Waals surface area (Å²) in [5.41, 5.74) is 3.73. The molecule has 0 bridgehead atoms. The first-order valence-electron chi connectivity index (χ1n) is 14.2. The second-order valence-corrected chi connectivity index (χ2v) is 12.1. The Hall–Kier alpha value is -1.75. The molecule has 0 saturated heterocycles. The lowest BCUT2D eigenvalue weighted by Crippen LogP contribution is -2.41. The molecule has 206 valence electrons. The second-order valence-electron chi connectivity index (χ2n) is 12.1. The predicted octanol–water partition coefficient (Wildman–Crippen LogP) is 7.83. The van der Waals surface area contributed by atoms with Gasteiger partial charge in [-0.05, 0) is 81.4 Å². The van der Waals surface area contributed by atoms with E-state index in [-0.39, 0.29) is 12.2 Å². The van der Waals surface area contributed by atoms with Crippen LogP contribution in [-0.2, 0) is 16.0 Å². The molecule has 0 spiro atoms. The molecule has 36 heavy (non-hydrogen) atoms. The van der Waals surface area contributed by atoms with E-state index in [0.717, 1.165) is 65.7 Å². The van der Waals surface area contributed by atoms with E-state index in [1.165, 1.54) is 38.5 Å². The van der Waals surface area contributed by atoms with E-state index in [9.17, 15) is 4.79 Å². The van der Waals surface area contributed by atoms with Gasteiger partial charge in [0.05, 0.1) is 6.61 Å². The zero-order valence-electron chi connectivity index (χ0n) is 24.3. The monoisotopic (exact) mass is 504 g/mol. The standard InChI is InChI=1S/C31H52O5/c1-21(2)11-9-12-22(3)13-10-14-23(4)16-18-34-20-31(8)17-15-27-26(7)29(35-19-28(32)33)24(5)25(6)30(27)36-31/h21-23H,9-20H2,1-8H3,(H,32,33)/t22?,23?,31-/m0/s1. The fourth-order valence-corrected chi connectivity index (χ4v) is 5.28. The Bertz CT molecular complexity index is 846. The molecule has 1 aliphatic rings. The third kappa shape index (κ3) is 9.28. The lowest BCUT2D eigenvalue weighted by atomic mass is 9.87. The molecule has 0 saturated carbocycles. The molecule has 1 aromatic rings. The maximum Gasteiger partial charge on any atom is 0.341 e. The minimum Gasteiger partial charge on any atom is -0.485 e. The quantitative estimate of drug-likeness (QED) is 0.232. The molecule has 0 amide bonds. The van der Waals surface area contributed by atoms with Gasteiger partial charge in [-0.15, -0.1) is 0 Å². The number of carbonyl (C=O) groups is 1. The van der Waals surface area contributed by atoms with Crippen LogP contribution in [0.4, 0.5) is 0 Å². The van der Waals surface area contributed by atoms with Crippen LogP contribution in [0.25, 0.3) is 0 Å². The van der Waals surface area contributed by atoms with E-state index in [2.05, 4.69) is 34.6 Å². The number of rotatable bonds is 16. The van der Waals surface area contributed by atoms with E-state index < -0.39 is 5.97 Å². The van der Waals surface area contributed by atoms with Crippen LogP contribution in [-0.4, -0.2) is 36.5 Å². The van der Waals surface area contributed by atoms with E-state index in [4.69, 9.17) is 19.3 Å². The molecule has 5 heteroatoms. The summed E-state index contributed by atoms with van der Waals surface area (Å²) in [4.78, 5) is 11.0. The SMILES string of the molecule is Cc1c(C)c2c(c(C)c1OCC(=O)O)CC[C@@](C)(COCCC(C)CCCC(C)CCCC(C)C)O2. The van der Waals surface area contributed by atoms with E-state index >= 15 is 0 Å². The van der Waals surface area contributed by atoms with Gasteiger partial charge in [-0.3, -0.25) is 0 Å². The maximum atomic E-state index is 11.0. The molecular weight excluding hydrogens is 452 g/mol. The van der Waals surface area contributed by atoms with Gasteiger partial charge in [0.15, 0.2) is 6.61 Å². The molecule has 1 aromatic carbocycles. The molecule has 2 unspecified atom stereocenters. The molecule has 2 rings (SSSR count). The van der Waals surface area contributed by atoms with E-state index in [1.807, 2.05) is 20.8 Å². The van der Waals surface area contributed by atoms with Crippen LogP contribution in [0.5, 0.6) is 11.5 Å². The van der Waals surface area contributed by atoms with Gasteiger partial charge < -0.3 is 19.3 Å². The summed E-state index contributed by atoms with van der Waals surface area (Å²) < 4.78 is 18.3. The van der Waals surface area contributed by atoms with Gasteiger partial charge in [-0.1, -0.05) is 66.2 Å². The van der Waals surface area contributed by atoms with Crippen molar-refractivity contribution in [1.82, 2.24) is 0 Å². The molecule has 0 aromatic heterocycles. The Labute approximate surface area is 220 Å². The minimum absolute atomic E-state index is 0.331. The molecule has 1 heterocycles. The van der Waals surface area contributed by atoms with Gasteiger partial charge >= 0.3 is 5.97 Å². The highest BCUT2D eigenvalue weighted by Gasteiger charge is 2.35. The van der Waals surface area contributed by atoms with Crippen molar-refractivity contribution in [2.24, 2.45) is 17.8 Å². The summed E-state index contributed by atoms with van der Waals surface area (Å²) in [5.74, 6) is 2.98. The van der Waals surface area contributed by atoms with Gasteiger partial charge in [-0.2, -0.15) is 0 Å². The van der Waals surface area contributed by atoms with Crippen LogP contribution in [0, 0.1) is 38.5 Å². The van der Waals surface area contributed by atoms with E-state index in [1.54, 1.807) is 0 Å². The minimum atomic E-state index is -0.967. The topological polar surface area (TPSA) is 65.0 Å². The summed E-state index contributed by atoms with van der Waals surface area (Å²) in [5, 5.41) is 9.01. The summed E-state index contributed by atoms with van der Waals surface area (Å²) >= 11 is 0. The number of carboxylic acids is 1. The van der Waals surface area contributed by atoms with Crippen LogP contribution < -0.4 is 9.47 Å². The first kappa shape index (κ1) is 30.5.